The smallest absolute Gasteiger partial charge is 0.276 e. The molecule has 148 valence electrons. The normalized spacial score (nSPS) is 15.8. The number of rotatable bonds is 5. The van der Waals surface area contributed by atoms with Crippen LogP contribution in [0.25, 0.3) is 11.3 Å². The van der Waals surface area contributed by atoms with Crippen LogP contribution in [0.2, 0.25) is 0 Å². The van der Waals surface area contributed by atoms with E-state index in [0.29, 0.717) is 12.1 Å². The number of carbonyl (C=O) groups excluding carboxylic acids is 1. The summed E-state index contributed by atoms with van der Waals surface area (Å²) < 4.78 is 20.2. The SMILES string of the molecule is Nc1cc(F)c(-c2ccccc2)nc1C(=O)Nc1cncnc1OC1CCNC1. The van der Waals surface area contributed by atoms with Crippen molar-refractivity contribution in [2.45, 2.75) is 12.5 Å². The van der Waals surface area contributed by atoms with E-state index in [1.165, 1.54) is 12.5 Å². The molecule has 9 heteroatoms. The van der Waals surface area contributed by atoms with Crippen LogP contribution in [0.1, 0.15) is 16.9 Å². The minimum atomic E-state index is -0.608. The van der Waals surface area contributed by atoms with Gasteiger partial charge in [0.05, 0.1) is 11.9 Å². The average Bonchev–Trinajstić information content (AvgIpc) is 3.23. The highest BCUT2D eigenvalue weighted by atomic mass is 19.1. The van der Waals surface area contributed by atoms with Crippen molar-refractivity contribution in [2.24, 2.45) is 0 Å². The number of aromatic nitrogens is 3. The molecule has 0 spiro atoms. The van der Waals surface area contributed by atoms with Crippen LogP contribution >= 0.6 is 0 Å². The molecule has 1 aliphatic rings. The quantitative estimate of drug-likeness (QED) is 0.608. The predicted molar refractivity (Wildman–Crippen MR) is 106 cm³/mol. The number of nitrogen functional groups attached to an aromatic ring is 1. The van der Waals surface area contributed by atoms with Gasteiger partial charge in [-0.1, -0.05) is 30.3 Å². The van der Waals surface area contributed by atoms with Gasteiger partial charge in [-0.25, -0.2) is 14.4 Å². The van der Waals surface area contributed by atoms with Crippen LogP contribution in [0.4, 0.5) is 15.8 Å². The van der Waals surface area contributed by atoms with E-state index in [-0.39, 0.29) is 34.7 Å². The van der Waals surface area contributed by atoms with Crippen molar-refractivity contribution in [1.82, 2.24) is 20.3 Å². The molecule has 1 atom stereocenters. The molecule has 3 heterocycles. The third-order valence-corrected chi connectivity index (χ3v) is 4.49. The summed E-state index contributed by atoms with van der Waals surface area (Å²) in [6.07, 6.45) is 3.56. The fraction of sp³-hybridized carbons (Fsp3) is 0.200. The van der Waals surface area contributed by atoms with Crippen molar-refractivity contribution in [3.63, 3.8) is 0 Å². The summed E-state index contributed by atoms with van der Waals surface area (Å²) in [6.45, 7) is 1.56. The topological polar surface area (TPSA) is 115 Å². The van der Waals surface area contributed by atoms with Crippen LogP contribution in [0.5, 0.6) is 5.88 Å². The lowest BCUT2D eigenvalue weighted by Crippen LogP contribution is -2.22. The minimum absolute atomic E-state index is 0.0424. The van der Waals surface area contributed by atoms with E-state index < -0.39 is 11.7 Å². The zero-order valence-electron chi connectivity index (χ0n) is 15.4. The maximum absolute atomic E-state index is 14.4. The van der Waals surface area contributed by atoms with Crippen LogP contribution in [0.3, 0.4) is 0 Å². The van der Waals surface area contributed by atoms with E-state index in [0.717, 1.165) is 19.0 Å². The van der Waals surface area contributed by atoms with Gasteiger partial charge >= 0.3 is 0 Å². The van der Waals surface area contributed by atoms with Gasteiger partial charge in [-0.2, -0.15) is 4.98 Å². The first kappa shape index (κ1) is 18.8. The summed E-state index contributed by atoms with van der Waals surface area (Å²) >= 11 is 0. The lowest BCUT2D eigenvalue weighted by molar-refractivity contribution is 0.102. The molecule has 1 saturated heterocycles. The Morgan fingerprint density at radius 3 is 2.90 bits per heavy atom. The first-order valence-corrected chi connectivity index (χ1v) is 9.12. The van der Waals surface area contributed by atoms with E-state index in [4.69, 9.17) is 10.5 Å². The molecule has 1 amide bonds. The third kappa shape index (κ3) is 4.14. The first-order valence-electron chi connectivity index (χ1n) is 9.12. The van der Waals surface area contributed by atoms with E-state index in [2.05, 4.69) is 25.6 Å². The summed E-state index contributed by atoms with van der Waals surface area (Å²) in [5.41, 5.74) is 6.57. The van der Waals surface area contributed by atoms with Crippen molar-refractivity contribution in [3.05, 3.63) is 60.4 Å². The molecule has 4 N–H and O–H groups in total. The molecule has 3 aromatic rings. The standard InChI is InChI=1S/C20H19FN6O2/c21-14-8-15(22)18(27-17(14)12-4-2-1-3-5-12)19(28)26-16-10-24-11-25-20(16)29-13-6-7-23-9-13/h1-5,8,10-11,13,23H,6-7,9,22H2,(H,26,28). The van der Waals surface area contributed by atoms with Gasteiger partial charge in [0.2, 0.25) is 5.88 Å². The van der Waals surface area contributed by atoms with Crippen LogP contribution in [-0.2, 0) is 0 Å². The summed E-state index contributed by atoms with van der Waals surface area (Å²) in [5.74, 6) is -0.957. The number of nitrogens with one attached hydrogen (secondary N) is 2. The Hall–Kier alpha value is -3.59. The molecule has 1 fully saturated rings. The number of anilines is 2. The molecule has 0 saturated carbocycles. The number of ether oxygens (including phenoxy) is 1. The fourth-order valence-electron chi connectivity index (χ4n) is 3.05. The largest absolute Gasteiger partial charge is 0.471 e. The second-order valence-electron chi connectivity index (χ2n) is 6.55. The average molecular weight is 394 g/mol. The Bertz CT molecular complexity index is 1020. The van der Waals surface area contributed by atoms with Crippen molar-refractivity contribution in [2.75, 3.05) is 24.1 Å². The van der Waals surface area contributed by atoms with Crippen LogP contribution in [0.15, 0.2) is 48.9 Å². The van der Waals surface area contributed by atoms with Gasteiger partial charge in [-0.15, -0.1) is 0 Å². The molecular weight excluding hydrogens is 375 g/mol. The molecule has 0 aliphatic carbocycles. The Kier molecular flexibility index (Phi) is 5.30. The van der Waals surface area contributed by atoms with Gasteiger partial charge in [-0.05, 0) is 13.0 Å². The van der Waals surface area contributed by atoms with Crippen molar-refractivity contribution in [1.29, 1.82) is 0 Å². The molecular formula is C20H19FN6O2. The highest BCUT2D eigenvalue weighted by molar-refractivity contribution is 6.07. The fourth-order valence-corrected chi connectivity index (χ4v) is 3.05. The van der Waals surface area contributed by atoms with E-state index >= 15 is 0 Å². The molecule has 0 radical (unpaired) electrons. The number of hydrogen-bond donors (Lipinski definition) is 3. The first-order chi connectivity index (χ1) is 14.1. The minimum Gasteiger partial charge on any atom is -0.471 e. The van der Waals surface area contributed by atoms with E-state index in [1.807, 2.05) is 6.07 Å². The molecule has 29 heavy (non-hydrogen) atoms. The molecule has 1 aliphatic heterocycles. The zero-order valence-corrected chi connectivity index (χ0v) is 15.4. The van der Waals surface area contributed by atoms with E-state index in [1.54, 1.807) is 24.3 Å². The summed E-state index contributed by atoms with van der Waals surface area (Å²) in [5, 5.41) is 5.86. The number of nitrogens with zero attached hydrogens (tertiary/aromatic N) is 3. The maximum atomic E-state index is 14.4. The molecule has 4 rings (SSSR count). The van der Waals surface area contributed by atoms with Gasteiger partial charge in [0, 0.05) is 18.2 Å². The number of pyridine rings is 1. The number of benzene rings is 1. The number of amides is 1. The van der Waals surface area contributed by atoms with Crippen LogP contribution < -0.4 is 21.1 Å². The third-order valence-electron chi connectivity index (χ3n) is 4.49. The second-order valence-corrected chi connectivity index (χ2v) is 6.55. The van der Waals surface area contributed by atoms with Crippen molar-refractivity contribution < 1.29 is 13.9 Å². The van der Waals surface area contributed by atoms with Crippen LogP contribution in [0, 0.1) is 5.82 Å². The Balaban J connectivity index is 1.61. The van der Waals surface area contributed by atoms with Gasteiger partial charge < -0.3 is 21.1 Å². The Morgan fingerprint density at radius 2 is 2.14 bits per heavy atom. The molecule has 0 bridgehead atoms. The number of nitrogens with two attached hydrogens (primary N) is 1. The lowest BCUT2D eigenvalue weighted by Gasteiger charge is -2.15. The number of hydrogen-bond acceptors (Lipinski definition) is 7. The predicted octanol–water partition coefficient (Wildman–Crippen LogP) is 2.25. The van der Waals surface area contributed by atoms with Crippen molar-refractivity contribution >= 4 is 17.3 Å². The molecule has 1 unspecified atom stereocenters. The lowest BCUT2D eigenvalue weighted by atomic mass is 10.1. The Morgan fingerprint density at radius 1 is 1.31 bits per heavy atom. The molecule has 1 aromatic carbocycles. The summed E-state index contributed by atoms with van der Waals surface area (Å²) in [7, 11) is 0. The highest BCUT2D eigenvalue weighted by Gasteiger charge is 2.22. The van der Waals surface area contributed by atoms with Gasteiger partial charge in [0.25, 0.3) is 5.91 Å². The van der Waals surface area contributed by atoms with Gasteiger partial charge in [-0.3, -0.25) is 4.79 Å². The number of halogens is 1. The van der Waals surface area contributed by atoms with Crippen molar-refractivity contribution in [3.8, 4) is 17.1 Å². The molecule has 2 aromatic heterocycles. The maximum Gasteiger partial charge on any atom is 0.276 e. The zero-order chi connectivity index (χ0) is 20.2. The number of carbonyl (C=O) groups is 1. The van der Waals surface area contributed by atoms with E-state index in [9.17, 15) is 9.18 Å². The molecule has 8 nitrogen and oxygen atoms in total. The second kappa shape index (κ2) is 8.19. The summed E-state index contributed by atoms with van der Waals surface area (Å²) in [4.78, 5) is 25.0. The van der Waals surface area contributed by atoms with Crippen LogP contribution in [-0.4, -0.2) is 40.1 Å². The Labute approximate surface area is 166 Å². The monoisotopic (exact) mass is 394 g/mol. The van der Waals surface area contributed by atoms with Gasteiger partial charge in [0.1, 0.15) is 23.8 Å². The summed E-state index contributed by atoms with van der Waals surface area (Å²) in [6, 6.07) is 9.83. The van der Waals surface area contributed by atoms with Gasteiger partial charge in [0.15, 0.2) is 11.5 Å². The highest BCUT2D eigenvalue weighted by Crippen LogP contribution is 2.26.